The second-order valence-corrected chi connectivity index (χ2v) is 8.16. The Morgan fingerprint density at radius 3 is 2.79 bits per heavy atom. The van der Waals surface area contributed by atoms with Gasteiger partial charge in [0.25, 0.3) is 5.91 Å². The average molecular weight is 389 g/mol. The smallest absolute Gasteiger partial charge is 0.254 e. The molecule has 5 heteroatoms. The third-order valence-corrected chi connectivity index (χ3v) is 6.53. The molecule has 3 heterocycles. The first kappa shape index (κ1) is 18.2. The van der Waals surface area contributed by atoms with Crippen LogP contribution in [0.15, 0.2) is 30.3 Å². The van der Waals surface area contributed by atoms with Crippen LogP contribution in [0, 0.1) is 6.92 Å². The highest BCUT2D eigenvalue weighted by atomic mass is 16.5. The van der Waals surface area contributed by atoms with Gasteiger partial charge in [-0.15, -0.1) is 0 Å². The molecular weight excluding hydrogens is 362 g/mol. The van der Waals surface area contributed by atoms with Gasteiger partial charge < -0.3 is 14.2 Å². The van der Waals surface area contributed by atoms with Crippen molar-refractivity contribution in [2.75, 3.05) is 13.1 Å². The van der Waals surface area contributed by atoms with E-state index in [1.807, 2.05) is 24.9 Å². The molecule has 2 aliphatic rings. The van der Waals surface area contributed by atoms with Crippen LogP contribution in [-0.2, 0) is 19.9 Å². The Balaban J connectivity index is 1.65. The van der Waals surface area contributed by atoms with E-state index in [4.69, 9.17) is 9.72 Å². The van der Waals surface area contributed by atoms with Crippen molar-refractivity contribution >= 4 is 16.9 Å². The summed E-state index contributed by atoms with van der Waals surface area (Å²) in [4.78, 5) is 19.9. The van der Waals surface area contributed by atoms with Crippen LogP contribution in [0.5, 0.6) is 5.75 Å². The number of imidazole rings is 1. The number of hydrogen-bond acceptors (Lipinski definition) is 3. The molecule has 1 amide bonds. The first-order valence-electron chi connectivity index (χ1n) is 10.6. The highest BCUT2D eigenvalue weighted by Gasteiger charge is 2.32. The van der Waals surface area contributed by atoms with E-state index in [9.17, 15) is 4.79 Å². The van der Waals surface area contributed by atoms with E-state index in [2.05, 4.69) is 35.8 Å². The largest absolute Gasteiger partial charge is 0.483 e. The molecule has 2 aromatic carbocycles. The Kier molecular flexibility index (Phi) is 4.34. The van der Waals surface area contributed by atoms with E-state index in [0.29, 0.717) is 0 Å². The molecule has 0 spiro atoms. The minimum absolute atomic E-state index is 0.00137. The number of amides is 1. The van der Waals surface area contributed by atoms with Gasteiger partial charge in [-0.1, -0.05) is 31.2 Å². The van der Waals surface area contributed by atoms with E-state index in [0.717, 1.165) is 72.5 Å². The third-order valence-electron chi connectivity index (χ3n) is 6.53. The molecule has 1 aromatic heterocycles. The number of aryl methyl sites for hydroxylation is 3. The molecular formula is C24H27N3O2. The standard InChI is InChI=1S/C24H27N3O2/c1-4-16-8-5-6-9-17(16)21-11-10-18-19(24(28)27-12-7-13-27)14-20-22(23(18)29-21)25-15(2)26(20)3/h5-6,8-9,14,21H,4,7,10-13H2,1-3H3/t21-/m0/s1. The van der Waals surface area contributed by atoms with Crippen LogP contribution in [0.25, 0.3) is 11.0 Å². The average Bonchev–Trinajstić information content (AvgIpc) is 3.00. The van der Waals surface area contributed by atoms with Crippen LogP contribution in [0.3, 0.4) is 0 Å². The van der Waals surface area contributed by atoms with Crippen molar-refractivity contribution in [2.45, 2.75) is 45.6 Å². The summed E-state index contributed by atoms with van der Waals surface area (Å²) in [6.45, 7) is 5.88. The summed E-state index contributed by atoms with van der Waals surface area (Å²) in [5, 5.41) is 0. The summed E-state index contributed by atoms with van der Waals surface area (Å²) in [7, 11) is 2.00. The maximum atomic E-state index is 13.2. The van der Waals surface area contributed by atoms with Gasteiger partial charge in [-0.05, 0) is 49.8 Å². The highest BCUT2D eigenvalue weighted by molar-refractivity contribution is 6.02. The lowest BCUT2D eigenvalue weighted by Crippen LogP contribution is -2.42. The van der Waals surface area contributed by atoms with Gasteiger partial charge in [-0.25, -0.2) is 4.98 Å². The second-order valence-electron chi connectivity index (χ2n) is 8.16. The van der Waals surface area contributed by atoms with E-state index < -0.39 is 0 Å². The quantitative estimate of drug-likeness (QED) is 0.669. The normalized spacial score (nSPS) is 18.3. The summed E-state index contributed by atoms with van der Waals surface area (Å²) in [5.41, 5.74) is 6.23. The van der Waals surface area contributed by atoms with Gasteiger partial charge in [0.15, 0.2) is 5.75 Å². The topological polar surface area (TPSA) is 47.4 Å². The maximum absolute atomic E-state index is 13.2. The Hall–Kier alpha value is -2.82. The van der Waals surface area contributed by atoms with Gasteiger partial charge in [0.05, 0.1) is 5.52 Å². The Labute approximate surface area is 171 Å². The molecule has 0 N–H and O–H groups in total. The summed E-state index contributed by atoms with van der Waals surface area (Å²) in [6.07, 6.45) is 3.78. The van der Waals surface area contributed by atoms with E-state index in [1.165, 1.54) is 11.1 Å². The number of rotatable bonds is 3. The number of aromatic nitrogens is 2. The Morgan fingerprint density at radius 2 is 2.07 bits per heavy atom. The Morgan fingerprint density at radius 1 is 1.28 bits per heavy atom. The first-order chi connectivity index (χ1) is 14.1. The van der Waals surface area contributed by atoms with Crippen molar-refractivity contribution in [3.63, 3.8) is 0 Å². The molecule has 5 rings (SSSR count). The molecule has 1 saturated heterocycles. The van der Waals surface area contributed by atoms with Gasteiger partial charge in [0.1, 0.15) is 17.4 Å². The van der Waals surface area contributed by atoms with Crippen molar-refractivity contribution in [2.24, 2.45) is 7.05 Å². The van der Waals surface area contributed by atoms with Gasteiger partial charge >= 0.3 is 0 Å². The fourth-order valence-corrected chi connectivity index (χ4v) is 4.57. The zero-order valence-corrected chi connectivity index (χ0v) is 17.4. The molecule has 0 unspecified atom stereocenters. The fraction of sp³-hybridized carbons (Fsp3) is 0.417. The van der Waals surface area contributed by atoms with Crippen molar-refractivity contribution in [1.82, 2.24) is 14.5 Å². The minimum atomic E-state index is -0.00137. The molecule has 3 aromatic rings. The molecule has 150 valence electrons. The van der Waals surface area contributed by atoms with Crippen molar-refractivity contribution < 1.29 is 9.53 Å². The van der Waals surface area contributed by atoms with E-state index >= 15 is 0 Å². The third kappa shape index (κ3) is 2.83. The van der Waals surface area contributed by atoms with Crippen molar-refractivity contribution in [3.05, 3.63) is 58.4 Å². The predicted octanol–water partition coefficient (Wildman–Crippen LogP) is 4.36. The van der Waals surface area contributed by atoms with Crippen molar-refractivity contribution in [3.8, 4) is 5.75 Å². The zero-order chi connectivity index (χ0) is 20.1. The molecule has 29 heavy (non-hydrogen) atoms. The van der Waals surface area contributed by atoms with Gasteiger partial charge in [-0.3, -0.25) is 4.79 Å². The second kappa shape index (κ2) is 6.90. The number of nitrogens with zero attached hydrogens (tertiary/aromatic N) is 3. The van der Waals surface area contributed by atoms with Crippen LogP contribution in [0.2, 0.25) is 0 Å². The summed E-state index contributed by atoms with van der Waals surface area (Å²) >= 11 is 0. The van der Waals surface area contributed by atoms with E-state index in [-0.39, 0.29) is 12.0 Å². The summed E-state index contributed by atoms with van der Waals surface area (Å²) in [5.74, 6) is 1.86. The SMILES string of the molecule is CCc1ccccc1[C@@H]1CCc2c(C(=O)N3CCC3)cc3c(nc(C)n3C)c2O1. The van der Waals surface area contributed by atoms with Crippen LogP contribution in [0.1, 0.15) is 58.7 Å². The number of ether oxygens (including phenoxy) is 1. The molecule has 1 fully saturated rings. The summed E-state index contributed by atoms with van der Waals surface area (Å²) < 4.78 is 8.67. The lowest BCUT2D eigenvalue weighted by molar-refractivity contribution is 0.0648. The van der Waals surface area contributed by atoms with Gasteiger partial charge in [-0.2, -0.15) is 0 Å². The van der Waals surface area contributed by atoms with Gasteiger partial charge in [0, 0.05) is 31.3 Å². The van der Waals surface area contributed by atoms with Crippen LogP contribution < -0.4 is 4.74 Å². The lowest BCUT2D eigenvalue weighted by atomic mass is 9.90. The van der Waals surface area contributed by atoms with Crippen LogP contribution >= 0.6 is 0 Å². The Bertz CT molecular complexity index is 1110. The van der Waals surface area contributed by atoms with Crippen molar-refractivity contribution in [1.29, 1.82) is 0 Å². The number of hydrogen-bond donors (Lipinski definition) is 0. The molecule has 0 radical (unpaired) electrons. The molecule has 2 aliphatic heterocycles. The lowest BCUT2D eigenvalue weighted by Gasteiger charge is -2.33. The van der Waals surface area contributed by atoms with Crippen LogP contribution in [-0.4, -0.2) is 33.4 Å². The number of likely N-dealkylation sites (tertiary alicyclic amines) is 1. The molecule has 1 atom stereocenters. The minimum Gasteiger partial charge on any atom is -0.483 e. The molecule has 0 aliphatic carbocycles. The molecule has 5 nitrogen and oxygen atoms in total. The first-order valence-corrected chi connectivity index (χ1v) is 10.6. The van der Waals surface area contributed by atoms with Gasteiger partial charge in [0.2, 0.25) is 0 Å². The molecule has 0 saturated carbocycles. The summed E-state index contributed by atoms with van der Waals surface area (Å²) in [6, 6.07) is 10.5. The number of carbonyl (C=O) groups is 1. The number of carbonyl (C=O) groups excluding carboxylic acids is 1. The van der Waals surface area contributed by atoms with Crippen LogP contribution in [0.4, 0.5) is 0 Å². The number of fused-ring (bicyclic) bond motifs is 3. The number of benzene rings is 2. The molecule has 0 bridgehead atoms. The monoisotopic (exact) mass is 389 g/mol. The highest BCUT2D eigenvalue weighted by Crippen LogP contribution is 2.42. The zero-order valence-electron chi connectivity index (χ0n) is 17.4. The van der Waals surface area contributed by atoms with E-state index in [1.54, 1.807) is 0 Å². The fourth-order valence-electron chi connectivity index (χ4n) is 4.57. The predicted molar refractivity (Wildman–Crippen MR) is 113 cm³/mol. The maximum Gasteiger partial charge on any atom is 0.254 e.